The Morgan fingerprint density at radius 1 is 1.32 bits per heavy atom. The molecule has 5 nitrogen and oxygen atoms in total. The van der Waals surface area contributed by atoms with Gasteiger partial charge in [0.05, 0.1) is 19.3 Å². The molecule has 3 aromatic rings. The fourth-order valence-corrected chi connectivity index (χ4v) is 4.95. The lowest BCUT2D eigenvalue weighted by atomic mass is 10.2. The van der Waals surface area contributed by atoms with E-state index in [2.05, 4.69) is 52.7 Å². The van der Waals surface area contributed by atoms with Gasteiger partial charge in [0.1, 0.15) is 11.6 Å². The molecule has 1 amide bonds. The summed E-state index contributed by atoms with van der Waals surface area (Å²) in [6, 6.07) is 6.69. The number of amides is 1. The van der Waals surface area contributed by atoms with Gasteiger partial charge in [0.2, 0.25) is 0 Å². The normalized spacial score (nSPS) is 12.5. The third kappa shape index (κ3) is 5.10. The third-order valence-electron chi connectivity index (χ3n) is 4.66. The maximum atomic E-state index is 11.9. The summed E-state index contributed by atoms with van der Waals surface area (Å²) in [7, 11) is 2.04. The number of likely N-dealkylation sites (N-methyl/N-ethyl adjacent to an activating group) is 1. The number of aromatic nitrogens is 2. The van der Waals surface area contributed by atoms with Gasteiger partial charge in [-0.2, -0.15) is 0 Å². The average Bonchev–Trinajstić information content (AvgIpc) is 3.32. The van der Waals surface area contributed by atoms with Crippen LogP contribution < -0.4 is 10.2 Å². The summed E-state index contributed by atoms with van der Waals surface area (Å²) in [5.41, 5.74) is 4.74. The zero-order valence-electron chi connectivity index (χ0n) is 17.2. The molecule has 0 aliphatic heterocycles. The molecule has 0 aliphatic rings. The van der Waals surface area contributed by atoms with Crippen LogP contribution >= 0.6 is 22.7 Å². The summed E-state index contributed by atoms with van der Waals surface area (Å²) in [4.78, 5) is 19.3. The first-order valence-corrected chi connectivity index (χ1v) is 11.3. The first-order chi connectivity index (χ1) is 13.3. The van der Waals surface area contributed by atoms with Crippen LogP contribution in [-0.2, 0) is 17.9 Å². The maximum absolute atomic E-state index is 11.9. The molecule has 3 heterocycles. The molecular formula is C21H29N4OS2+. The SMILES string of the molecule is Cc1cc(-c2csc(C[NH+](C)CC(=O)NC(C)C)n2)c(C)n1Cc1cccs1. The monoisotopic (exact) mass is 417 g/mol. The topological polar surface area (TPSA) is 51.4 Å². The van der Waals surface area contributed by atoms with E-state index in [1.54, 1.807) is 22.7 Å². The van der Waals surface area contributed by atoms with Crippen LogP contribution in [0.1, 0.15) is 35.1 Å². The highest BCUT2D eigenvalue weighted by Gasteiger charge is 2.17. The van der Waals surface area contributed by atoms with Crippen molar-refractivity contribution in [2.75, 3.05) is 13.6 Å². The Labute approximate surface area is 175 Å². The molecule has 2 N–H and O–H groups in total. The smallest absolute Gasteiger partial charge is 0.275 e. The van der Waals surface area contributed by atoms with Gasteiger partial charge in [-0.3, -0.25) is 4.79 Å². The molecule has 0 saturated carbocycles. The van der Waals surface area contributed by atoms with E-state index in [0.29, 0.717) is 6.54 Å². The molecule has 0 spiro atoms. The predicted octanol–water partition coefficient (Wildman–Crippen LogP) is 2.88. The number of carbonyl (C=O) groups excluding carboxylic acids is 1. The van der Waals surface area contributed by atoms with Crippen molar-refractivity contribution in [3.8, 4) is 11.3 Å². The summed E-state index contributed by atoms with van der Waals surface area (Å²) in [5, 5.41) is 8.26. The molecule has 1 atom stereocenters. The van der Waals surface area contributed by atoms with Gasteiger partial charge >= 0.3 is 0 Å². The summed E-state index contributed by atoms with van der Waals surface area (Å²) in [6.45, 7) is 10.4. The van der Waals surface area contributed by atoms with Crippen LogP contribution in [0.3, 0.4) is 0 Å². The second-order valence-electron chi connectivity index (χ2n) is 7.61. The first-order valence-electron chi connectivity index (χ1n) is 9.58. The van der Waals surface area contributed by atoms with E-state index in [1.807, 2.05) is 20.9 Å². The number of hydrogen-bond donors (Lipinski definition) is 2. The molecule has 0 saturated heterocycles. The highest BCUT2D eigenvalue weighted by atomic mass is 32.1. The number of hydrogen-bond acceptors (Lipinski definition) is 4. The van der Waals surface area contributed by atoms with Crippen molar-refractivity contribution < 1.29 is 9.69 Å². The summed E-state index contributed by atoms with van der Waals surface area (Å²) >= 11 is 3.46. The van der Waals surface area contributed by atoms with Gasteiger partial charge in [-0.15, -0.1) is 22.7 Å². The molecule has 0 bridgehead atoms. The van der Waals surface area contributed by atoms with Gasteiger partial charge in [-0.05, 0) is 45.2 Å². The summed E-state index contributed by atoms with van der Waals surface area (Å²) in [5.74, 6) is 0.0846. The van der Waals surface area contributed by atoms with E-state index in [9.17, 15) is 4.79 Å². The Balaban J connectivity index is 1.69. The largest absolute Gasteiger partial charge is 0.349 e. The van der Waals surface area contributed by atoms with Crippen LogP contribution in [0.5, 0.6) is 0 Å². The highest BCUT2D eigenvalue weighted by molar-refractivity contribution is 7.10. The van der Waals surface area contributed by atoms with Crippen LogP contribution in [0.2, 0.25) is 0 Å². The summed E-state index contributed by atoms with van der Waals surface area (Å²) < 4.78 is 2.35. The van der Waals surface area contributed by atoms with Crippen LogP contribution in [0.15, 0.2) is 29.0 Å². The molecule has 7 heteroatoms. The quantitative estimate of drug-likeness (QED) is 0.592. The van der Waals surface area contributed by atoms with E-state index >= 15 is 0 Å². The zero-order chi connectivity index (χ0) is 20.3. The van der Waals surface area contributed by atoms with Crippen molar-refractivity contribution >= 4 is 28.6 Å². The lowest BCUT2D eigenvalue weighted by molar-refractivity contribution is -0.885. The highest BCUT2D eigenvalue weighted by Crippen LogP contribution is 2.29. The van der Waals surface area contributed by atoms with Gasteiger partial charge in [-0.1, -0.05) is 6.07 Å². The Kier molecular flexibility index (Phi) is 6.69. The fourth-order valence-electron chi connectivity index (χ4n) is 3.35. The van der Waals surface area contributed by atoms with Gasteiger partial charge in [0.15, 0.2) is 6.54 Å². The lowest BCUT2D eigenvalue weighted by Crippen LogP contribution is -3.09. The minimum absolute atomic E-state index is 0.0846. The zero-order valence-corrected chi connectivity index (χ0v) is 18.8. The molecule has 1 unspecified atom stereocenters. The minimum Gasteiger partial charge on any atom is -0.349 e. The number of aryl methyl sites for hydroxylation is 1. The van der Waals surface area contributed by atoms with Gasteiger partial charge in [0, 0.05) is 33.3 Å². The van der Waals surface area contributed by atoms with E-state index in [4.69, 9.17) is 4.98 Å². The molecular weight excluding hydrogens is 388 g/mol. The molecule has 0 aromatic carbocycles. The van der Waals surface area contributed by atoms with Crippen molar-refractivity contribution in [3.63, 3.8) is 0 Å². The summed E-state index contributed by atoms with van der Waals surface area (Å²) in [6.07, 6.45) is 0. The van der Waals surface area contributed by atoms with Crippen molar-refractivity contribution in [1.82, 2.24) is 14.9 Å². The van der Waals surface area contributed by atoms with Crippen LogP contribution in [0.25, 0.3) is 11.3 Å². The molecule has 0 fully saturated rings. The van der Waals surface area contributed by atoms with E-state index in [1.165, 1.54) is 21.8 Å². The number of nitrogens with zero attached hydrogens (tertiary/aromatic N) is 2. The van der Waals surface area contributed by atoms with E-state index < -0.39 is 0 Å². The fraction of sp³-hybridized carbons (Fsp3) is 0.429. The van der Waals surface area contributed by atoms with E-state index in [-0.39, 0.29) is 11.9 Å². The number of nitrogens with one attached hydrogen (secondary N) is 2. The molecule has 3 rings (SSSR count). The predicted molar refractivity (Wildman–Crippen MR) is 117 cm³/mol. The van der Waals surface area contributed by atoms with Crippen molar-refractivity contribution in [2.45, 2.75) is 46.8 Å². The molecule has 0 aliphatic carbocycles. The molecule has 0 radical (unpaired) electrons. The number of thiazole rings is 1. The third-order valence-corrected chi connectivity index (χ3v) is 6.37. The Morgan fingerprint density at radius 2 is 2.11 bits per heavy atom. The van der Waals surface area contributed by atoms with Crippen molar-refractivity contribution in [2.24, 2.45) is 0 Å². The Bertz CT molecular complexity index is 925. The van der Waals surface area contributed by atoms with E-state index in [0.717, 1.165) is 28.7 Å². The van der Waals surface area contributed by atoms with Crippen molar-refractivity contribution in [3.05, 3.63) is 50.2 Å². The van der Waals surface area contributed by atoms with Crippen LogP contribution in [0, 0.1) is 13.8 Å². The second kappa shape index (κ2) is 9.03. The lowest BCUT2D eigenvalue weighted by Gasteiger charge is -2.13. The van der Waals surface area contributed by atoms with Gasteiger partial charge < -0.3 is 14.8 Å². The maximum Gasteiger partial charge on any atom is 0.275 e. The van der Waals surface area contributed by atoms with Crippen LogP contribution in [0.4, 0.5) is 0 Å². The molecule has 28 heavy (non-hydrogen) atoms. The van der Waals surface area contributed by atoms with Gasteiger partial charge in [0.25, 0.3) is 5.91 Å². The van der Waals surface area contributed by atoms with Crippen molar-refractivity contribution in [1.29, 1.82) is 0 Å². The van der Waals surface area contributed by atoms with Crippen LogP contribution in [-0.4, -0.2) is 35.1 Å². The number of quaternary nitrogens is 1. The standard InChI is InChI=1S/C21H28N4OS2/c1-14(2)22-20(26)11-24(5)12-21-23-19(13-28-21)18-9-15(3)25(16(18)4)10-17-7-6-8-27-17/h6-9,13-14H,10-12H2,1-5H3,(H,22,26)/p+1. The molecule has 3 aromatic heterocycles. The molecule has 150 valence electrons. The average molecular weight is 418 g/mol. The number of rotatable bonds is 8. The first kappa shape index (κ1) is 20.8. The Morgan fingerprint density at radius 3 is 2.79 bits per heavy atom. The second-order valence-corrected chi connectivity index (χ2v) is 9.58. The minimum atomic E-state index is 0.0846. The van der Waals surface area contributed by atoms with Gasteiger partial charge in [-0.25, -0.2) is 4.98 Å². The number of carbonyl (C=O) groups is 1. The number of thiophene rings is 1. The Hall–Kier alpha value is -1.96.